The van der Waals surface area contributed by atoms with Gasteiger partial charge in [0.1, 0.15) is 11.6 Å². The van der Waals surface area contributed by atoms with Gasteiger partial charge < -0.3 is 4.90 Å². The monoisotopic (exact) mass is 399 g/mol. The second kappa shape index (κ2) is 7.32. The van der Waals surface area contributed by atoms with Crippen LogP contribution in [0.1, 0.15) is 27.6 Å². The number of carbonyl (C=O) groups excluding carboxylic acids is 1. The molecule has 1 amide bonds. The minimum Gasteiger partial charge on any atom is -0.338 e. The molecule has 0 radical (unpaired) electrons. The van der Waals surface area contributed by atoms with E-state index in [-0.39, 0.29) is 41.4 Å². The Morgan fingerprint density at radius 2 is 1.85 bits per heavy atom. The van der Waals surface area contributed by atoms with E-state index in [1.165, 1.54) is 29.2 Å². The summed E-state index contributed by atoms with van der Waals surface area (Å²) in [5.74, 6) is -1.90. The maximum Gasteiger partial charge on any atom is 0.255 e. The highest BCUT2D eigenvalue weighted by atomic mass is 35.5. The van der Waals surface area contributed by atoms with Gasteiger partial charge in [0.25, 0.3) is 5.91 Å². The van der Waals surface area contributed by atoms with Crippen molar-refractivity contribution in [2.24, 2.45) is 0 Å². The zero-order valence-corrected chi connectivity index (χ0v) is 15.2. The molecule has 3 rings (SSSR count). The summed E-state index contributed by atoms with van der Waals surface area (Å²) in [7, 11) is -3.63. The quantitative estimate of drug-likeness (QED) is 0.775. The highest BCUT2D eigenvalue weighted by Crippen LogP contribution is 2.32. The van der Waals surface area contributed by atoms with Crippen molar-refractivity contribution in [3.05, 3.63) is 70.2 Å². The number of benzene rings is 2. The van der Waals surface area contributed by atoms with E-state index >= 15 is 0 Å². The van der Waals surface area contributed by atoms with E-state index in [1.807, 2.05) is 0 Å². The number of hydrogen-bond donors (Lipinski definition) is 0. The third kappa shape index (κ3) is 3.73. The van der Waals surface area contributed by atoms with E-state index in [4.69, 9.17) is 11.6 Å². The maximum absolute atomic E-state index is 14.1. The number of hydrogen-bond acceptors (Lipinski definition) is 3. The minimum absolute atomic E-state index is 0.0280. The van der Waals surface area contributed by atoms with Crippen molar-refractivity contribution in [2.45, 2.75) is 11.7 Å². The predicted molar refractivity (Wildman–Crippen MR) is 94.9 cm³/mol. The van der Waals surface area contributed by atoms with Crippen LogP contribution in [0.25, 0.3) is 0 Å². The topological polar surface area (TPSA) is 54.5 Å². The van der Waals surface area contributed by atoms with Crippen molar-refractivity contribution in [3.63, 3.8) is 0 Å². The summed E-state index contributed by atoms with van der Waals surface area (Å²) in [6, 6.07) is 9.17. The van der Waals surface area contributed by atoms with Crippen molar-refractivity contribution in [1.29, 1.82) is 0 Å². The van der Waals surface area contributed by atoms with Crippen molar-refractivity contribution in [3.8, 4) is 0 Å². The van der Waals surface area contributed by atoms with Gasteiger partial charge in [-0.25, -0.2) is 17.2 Å². The highest BCUT2D eigenvalue weighted by Gasteiger charge is 2.34. The third-order valence-corrected chi connectivity index (χ3v) is 6.86. The molecule has 1 atom stereocenters. The molecule has 1 heterocycles. The van der Waals surface area contributed by atoms with Crippen LogP contribution < -0.4 is 0 Å². The predicted octanol–water partition coefficient (Wildman–Crippen LogP) is 3.62. The molecule has 0 bridgehead atoms. The molecule has 0 unspecified atom stereocenters. The Morgan fingerprint density at radius 1 is 1.12 bits per heavy atom. The van der Waals surface area contributed by atoms with Gasteiger partial charge in [-0.1, -0.05) is 29.8 Å². The van der Waals surface area contributed by atoms with Crippen LogP contribution in [0, 0.1) is 11.6 Å². The van der Waals surface area contributed by atoms with Gasteiger partial charge in [-0.2, -0.15) is 0 Å². The molecule has 1 aliphatic heterocycles. The number of carbonyl (C=O) groups is 1. The Labute approximate surface area is 155 Å². The van der Waals surface area contributed by atoms with Gasteiger partial charge in [0, 0.05) is 18.7 Å². The van der Waals surface area contributed by atoms with Crippen LogP contribution in [0.3, 0.4) is 0 Å². The van der Waals surface area contributed by atoms with Gasteiger partial charge in [-0.3, -0.25) is 4.79 Å². The normalized spacial score (nSPS) is 19.8. The van der Waals surface area contributed by atoms with E-state index in [0.29, 0.717) is 0 Å². The molecule has 8 heteroatoms. The van der Waals surface area contributed by atoms with Crippen molar-refractivity contribution in [2.75, 3.05) is 18.8 Å². The van der Waals surface area contributed by atoms with Crippen LogP contribution in [-0.2, 0) is 9.84 Å². The second-order valence-corrected chi connectivity index (χ2v) is 8.79. The molecule has 1 fully saturated rings. The Hall–Kier alpha value is -1.99. The lowest BCUT2D eigenvalue weighted by molar-refractivity contribution is 0.0766. The average molecular weight is 400 g/mol. The number of nitrogens with zero attached hydrogens (tertiary/aromatic N) is 1. The van der Waals surface area contributed by atoms with E-state index in [0.717, 1.165) is 12.1 Å². The highest BCUT2D eigenvalue weighted by molar-refractivity contribution is 7.91. The Balaban J connectivity index is 1.87. The Kier molecular flexibility index (Phi) is 5.29. The first kappa shape index (κ1) is 18.8. The Bertz CT molecular complexity index is 949. The molecule has 2 aromatic rings. The van der Waals surface area contributed by atoms with Gasteiger partial charge in [-0.05, 0) is 30.7 Å². The molecular weight excluding hydrogens is 384 g/mol. The smallest absolute Gasteiger partial charge is 0.255 e. The summed E-state index contributed by atoms with van der Waals surface area (Å²) in [6.07, 6.45) is 0.0772. The fourth-order valence-electron chi connectivity index (χ4n) is 3.07. The molecular formula is C18H16ClF2NO3S. The maximum atomic E-state index is 14.1. The van der Waals surface area contributed by atoms with Crippen LogP contribution in [0.15, 0.2) is 42.5 Å². The van der Waals surface area contributed by atoms with Crippen LogP contribution in [0.4, 0.5) is 8.78 Å². The number of halogens is 3. The van der Waals surface area contributed by atoms with E-state index in [2.05, 4.69) is 0 Å². The number of rotatable bonds is 2. The molecule has 1 saturated heterocycles. The average Bonchev–Trinajstić information content (AvgIpc) is 2.73. The molecule has 0 aromatic heterocycles. The molecule has 0 spiro atoms. The molecule has 26 heavy (non-hydrogen) atoms. The summed E-state index contributed by atoms with van der Waals surface area (Å²) < 4.78 is 52.4. The SMILES string of the molecule is O=C(c1ccc(F)cc1Cl)N1CC[C@H](c2ccccc2F)S(=O)(=O)CC1. The fraction of sp³-hybridized carbons (Fsp3) is 0.278. The molecule has 0 saturated carbocycles. The summed E-state index contributed by atoms with van der Waals surface area (Å²) in [6.45, 7) is 0.102. The lowest BCUT2D eigenvalue weighted by atomic mass is 10.1. The largest absolute Gasteiger partial charge is 0.338 e. The van der Waals surface area contributed by atoms with Crippen LogP contribution in [0.2, 0.25) is 5.02 Å². The minimum atomic E-state index is -3.63. The zero-order chi connectivity index (χ0) is 18.9. The first-order valence-electron chi connectivity index (χ1n) is 8.00. The summed E-state index contributed by atoms with van der Waals surface area (Å²) >= 11 is 5.93. The van der Waals surface area contributed by atoms with E-state index < -0.39 is 32.6 Å². The van der Waals surface area contributed by atoms with Crippen LogP contribution >= 0.6 is 11.6 Å². The fourth-order valence-corrected chi connectivity index (χ4v) is 5.12. The molecule has 4 nitrogen and oxygen atoms in total. The van der Waals surface area contributed by atoms with Crippen LogP contribution in [-0.4, -0.2) is 38.1 Å². The van der Waals surface area contributed by atoms with E-state index in [9.17, 15) is 22.0 Å². The molecule has 1 aliphatic rings. The first-order valence-corrected chi connectivity index (χ1v) is 10.1. The second-order valence-electron chi connectivity index (χ2n) is 6.08. The van der Waals surface area contributed by atoms with Gasteiger partial charge in [0.05, 0.1) is 21.6 Å². The van der Waals surface area contributed by atoms with Crippen molar-refractivity contribution in [1.82, 2.24) is 4.90 Å². The summed E-state index contributed by atoms with van der Waals surface area (Å²) in [4.78, 5) is 14.0. The lowest BCUT2D eigenvalue weighted by Gasteiger charge is -2.20. The van der Waals surface area contributed by atoms with Crippen molar-refractivity contribution < 1.29 is 22.0 Å². The van der Waals surface area contributed by atoms with E-state index in [1.54, 1.807) is 6.07 Å². The summed E-state index contributed by atoms with van der Waals surface area (Å²) in [5, 5.41) is -1.04. The first-order chi connectivity index (χ1) is 12.3. The Morgan fingerprint density at radius 3 is 2.54 bits per heavy atom. The van der Waals surface area contributed by atoms with Crippen molar-refractivity contribution >= 4 is 27.3 Å². The van der Waals surface area contributed by atoms with Gasteiger partial charge in [0.2, 0.25) is 0 Å². The molecule has 0 N–H and O–H groups in total. The van der Waals surface area contributed by atoms with Crippen LogP contribution in [0.5, 0.6) is 0 Å². The molecule has 138 valence electrons. The standard InChI is InChI=1S/C18H16ClF2NO3S/c19-15-11-12(20)5-6-13(15)18(23)22-8-7-17(26(24,25)10-9-22)14-3-1-2-4-16(14)21/h1-6,11,17H,7-10H2/t17-/m1/s1. The third-order valence-electron chi connectivity index (χ3n) is 4.44. The zero-order valence-electron chi connectivity index (χ0n) is 13.7. The molecule has 0 aliphatic carbocycles. The van der Waals surface area contributed by atoms with Gasteiger partial charge in [-0.15, -0.1) is 0 Å². The summed E-state index contributed by atoms with van der Waals surface area (Å²) in [5.41, 5.74) is 0.219. The van der Waals surface area contributed by atoms with Gasteiger partial charge >= 0.3 is 0 Å². The number of amides is 1. The lowest BCUT2D eigenvalue weighted by Crippen LogP contribution is -2.33. The number of sulfone groups is 1. The molecule has 2 aromatic carbocycles. The van der Waals surface area contributed by atoms with Gasteiger partial charge in [0.15, 0.2) is 9.84 Å².